The Balaban J connectivity index is 2.41. The molecule has 2 rings (SSSR count). The number of esters is 1. The first-order valence-corrected chi connectivity index (χ1v) is 14.9. The van der Waals surface area contributed by atoms with E-state index in [0.717, 1.165) is 11.8 Å². The van der Waals surface area contributed by atoms with Crippen molar-refractivity contribution in [2.24, 2.45) is 16.5 Å². The van der Waals surface area contributed by atoms with Crippen LogP contribution in [0.15, 0.2) is 40.2 Å². The van der Waals surface area contributed by atoms with Gasteiger partial charge in [0, 0.05) is 13.1 Å². The number of guanidine groups is 1. The molecule has 0 aliphatic rings. The van der Waals surface area contributed by atoms with E-state index in [1.807, 2.05) is 6.92 Å². The van der Waals surface area contributed by atoms with Crippen LogP contribution >= 0.6 is 0 Å². The van der Waals surface area contributed by atoms with Crippen molar-refractivity contribution >= 4 is 38.6 Å². The predicted octanol–water partition coefficient (Wildman–Crippen LogP) is 2.53. The first kappa shape index (κ1) is 33.6. The molecule has 0 saturated carbocycles. The van der Waals surface area contributed by atoms with Crippen LogP contribution in [0.2, 0.25) is 0 Å². The minimum Gasteiger partial charge on any atom is -0.493 e. The summed E-state index contributed by atoms with van der Waals surface area (Å²) in [6, 6.07) is 6.85. The van der Waals surface area contributed by atoms with Gasteiger partial charge in [0.1, 0.15) is 18.2 Å². The van der Waals surface area contributed by atoms with Crippen LogP contribution in [0.5, 0.6) is 11.5 Å². The predicted molar refractivity (Wildman–Crippen MR) is 158 cm³/mol. The number of rotatable bonds is 15. The van der Waals surface area contributed by atoms with E-state index < -0.39 is 33.5 Å². The van der Waals surface area contributed by atoms with E-state index in [1.165, 1.54) is 31.3 Å². The Morgan fingerprint density at radius 2 is 1.66 bits per heavy atom. The zero-order valence-electron chi connectivity index (χ0n) is 24.7. The number of methoxy groups -OCH3 is 2. The first-order valence-electron chi connectivity index (χ1n) is 13.4. The number of nitrogens with one attached hydrogen (secondary N) is 1. The molecule has 1 amide bonds. The Labute approximate surface area is 242 Å². The van der Waals surface area contributed by atoms with E-state index in [9.17, 15) is 18.0 Å². The van der Waals surface area contributed by atoms with Gasteiger partial charge in [0.15, 0.2) is 17.5 Å². The molecular weight excluding hydrogens is 550 g/mol. The highest BCUT2D eigenvalue weighted by Crippen LogP contribution is 2.33. The van der Waals surface area contributed by atoms with Crippen LogP contribution in [0.3, 0.4) is 0 Å². The van der Waals surface area contributed by atoms with Gasteiger partial charge in [0.2, 0.25) is 15.9 Å². The van der Waals surface area contributed by atoms with Gasteiger partial charge in [0.05, 0.1) is 19.1 Å². The zero-order chi connectivity index (χ0) is 30.8. The van der Waals surface area contributed by atoms with Crippen molar-refractivity contribution in [1.82, 2.24) is 9.62 Å². The van der Waals surface area contributed by atoms with Crippen molar-refractivity contribution in [3.05, 3.63) is 30.3 Å². The van der Waals surface area contributed by atoms with Gasteiger partial charge in [-0.15, -0.1) is 0 Å². The largest absolute Gasteiger partial charge is 0.493 e. The van der Waals surface area contributed by atoms with Crippen molar-refractivity contribution in [2.45, 2.75) is 69.9 Å². The van der Waals surface area contributed by atoms with Crippen molar-refractivity contribution < 1.29 is 32.2 Å². The maximum absolute atomic E-state index is 13.7. The van der Waals surface area contributed by atoms with Crippen LogP contribution in [0.4, 0.5) is 0 Å². The molecule has 5 N–H and O–H groups in total. The van der Waals surface area contributed by atoms with Gasteiger partial charge in [-0.25, -0.2) is 8.42 Å². The summed E-state index contributed by atoms with van der Waals surface area (Å²) in [5.41, 5.74) is 10.1. The van der Waals surface area contributed by atoms with Gasteiger partial charge in [-0.05, 0) is 75.1 Å². The summed E-state index contributed by atoms with van der Waals surface area (Å²) in [6.07, 6.45) is 1.81. The Kier molecular flexibility index (Phi) is 12.2. The zero-order valence-corrected chi connectivity index (χ0v) is 25.5. The highest BCUT2D eigenvalue weighted by molar-refractivity contribution is 7.89. The van der Waals surface area contributed by atoms with E-state index in [4.69, 9.17) is 25.7 Å². The number of hydrogen-bond donors (Lipinski definition) is 3. The molecule has 0 aromatic heterocycles. The summed E-state index contributed by atoms with van der Waals surface area (Å²) in [7, 11) is -1.16. The van der Waals surface area contributed by atoms with Crippen LogP contribution in [0, 0.1) is 0 Å². The fourth-order valence-corrected chi connectivity index (χ4v) is 5.34. The number of nitrogens with two attached hydrogens (primary N) is 2. The molecular formula is C28H43N5O7S. The lowest BCUT2D eigenvalue weighted by atomic mass is 10.1. The molecule has 41 heavy (non-hydrogen) atoms. The molecule has 12 nitrogen and oxygen atoms in total. The number of unbranched alkanes of at least 4 members (excludes halogenated alkanes) is 1. The van der Waals surface area contributed by atoms with Gasteiger partial charge < -0.3 is 30.6 Å². The molecule has 0 bridgehead atoms. The lowest BCUT2D eigenvalue weighted by molar-refractivity contribution is -0.159. The summed E-state index contributed by atoms with van der Waals surface area (Å²) in [6.45, 7) is 7.32. The summed E-state index contributed by atoms with van der Waals surface area (Å²) < 4.78 is 45.8. The lowest BCUT2D eigenvalue weighted by Gasteiger charge is -2.28. The number of aliphatic imine (C=N–C) groups is 1. The molecule has 2 aromatic carbocycles. The van der Waals surface area contributed by atoms with Crippen LogP contribution < -0.4 is 25.7 Å². The highest BCUT2D eigenvalue weighted by Gasteiger charge is 2.31. The van der Waals surface area contributed by atoms with Gasteiger partial charge in [-0.2, -0.15) is 4.72 Å². The molecule has 0 unspecified atom stereocenters. The third-order valence-electron chi connectivity index (χ3n) is 6.00. The van der Waals surface area contributed by atoms with Crippen molar-refractivity contribution in [1.29, 1.82) is 0 Å². The van der Waals surface area contributed by atoms with E-state index in [2.05, 4.69) is 9.71 Å². The monoisotopic (exact) mass is 593 g/mol. The van der Waals surface area contributed by atoms with E-state index in [0.29, 0.717) is 29.7 Å². The van der Waals surface area contributed by atoms with Gasteiger partial charge >= 0.3 is 5.97 Å². The third-order valence-corrected chi connectivity index (χ3v) is 7.47. The minimum absolute atomic E-state index is 0.0357. The Morgan fingerprint density at radius 3 is 2.22 bits per heavy atom. The average Bonchev–Trinajstić information content (AvgIpc) is 2.89. The maximum Gasteiger partial charge on any atom is 0.326 e. The number of carbonyl (C=O) groups is 2. The number of benzene rings is 2. The summed E-state index contributed by atoms with van der Waals surface area (Å²) in [4.78, 5) is 31.6. The SMILES string of the molecule is CCCCN(CC(=O)OC(C)(C)C)C(=O)[C@H](CCCN=C(N)N)NS(=O)(=O)c1ccc2cc(OC)c(OC)cc2c1. The Bertz CT molecular complexity index is 1340. The van der Waals surface area contributed by atoms with Crippen molar-refractivity contribution in [2.75, 3.05) is 33.9 Å². The summed E-state index contributed by atoms with van der Waals surface area (Å²) in [5.74, 6) is -0.264. The molecule has 1 atom stereocenters. The fraction of sp³-hybridized carbons (Fsp3) is 0.536. The average molecular weight is 594 g/mol. The molecule has 228 valence electrons. The second kappa shape index (κ2) is 14.9. The molecule has 0 radical (unpaired) electrons. The van der Waals surface area contributed by atoms with E-state index in [-0.39, 0.29) is 36.9 Å². The highest BCUT2D eigenvalue weighted by atomic mass is 32.2. The smallest absolute Gasteiger partial charge is 0.326 e. The number of nitrogens with zero attached hydrogens (tertiary/aromatic N) is 2. The Morgan fingerprint density at radius 1 is 1.02 bits per heavy atom. The summed E-state index contributed by atoms with van der Waals surface area (Å²) in [5, 5.41) is 1.35. The van der Waals surface area contributed by atoms with Crippen LogP contribution in [0.25, 0.3) is 10.8 Å². The normalized spacial score (nSPS) is 12.4. The van der Waals surface area contributed by atoms with E-state index in [1.54, 1.807) is 39.0 Å². The van der Waals surface area contributed by atoms with Crippen LogP contribution in [0.1, 0.15) is 53.4 Å². The molecule has 2 aromatic rings. The second-order valence-electron chi connectivity index (χ2n) is 10.5. The third kappa shape index (κ3) is 10.4. The van der Waals surface area contributed by atoms with Crippen molar-refractivity contribution in [3.63, 3.8) is 0 Å². The maximum atomic E-state index is 13.7. The number of carbonyl (C=O) groups excluding carboxylic acids is 2. The lowest BCUT2D eigenvalue weighted by Crippen LogP contribution is -2.50. The van der Waals surface area contributed by atoms with Crippen LogP contribution in [-0.2, 0) is 24.3 Å². The number of hydrogen-bond acceptors (Lipinski definition) is 8. The summed E-state index contributed by atoms with van der Waals surface area (Å²) >= 11 is 0. The molecule has 0 heterocycles. The quantitative estimate of drug-likeness (QED) is 0.121. The number of sulfonamides is 1. The minimum atomic E-state index is -4.17. The second-order valence-corrected chi connectivity index (χ2v) is 12.3. The number of fused-ring (bicyclic) bond motifs is 1. The molecule has 13 heteroatoms. The fourth-order valence-electron chi connectivity index (χ4n) is 4.08. The molecule has 0 fully saturated rings. The van der Waals surface area contributed by atoms with Gasteiger partial charge in [0.25, 0.3) is 0 Å². The first-order chi connectivity index (χ1) is 19.2. The van der Waals surface area contributed by atoms with Gasteiger partial charge in [-0.3, -0.25) is 14.6 Å². The number of ether oxygens (including phenoxy) is 3. The number of amides is 1. The Hall–Kier alpha value is -3.58. The van der Waals surface area contributed by atoms with E-state index >= 15 is 0 Å². The van der Waals surface area contributed by atoms with Crippen molar-refractivity contribution in [3.8, 4) is 11.5 Å². The molecule has 0 spiro atoms. The van der Waals surface area contributed by atoms with Gasteiger partial charge in [-0.1, -0.05) is 19.4 Å². The molecule has 0 aliphatic heterocycles. The molecule has 0 aliphatic carbocycles. The van der Waals surface area contributed by atoms with Crippen LogP contribution in [-0.4, -0.2) is 76.7 Å². The molecule has 0 saturated heterocycles. The topological polar surface area (TPSA) is 176 Å². The standard InChI is InChI=1S/C28H43N5O7S/c1-7-8-14-33(18-25(34)40-28(2,3)4)26(35)22(10-9-13-31-27(29)30)32-41(36,37)21-12-11-19-16-23(38-5)24(39-6)17-20(19)15-21/h11-12,15-17,22,32H,7-10,13-14,18H2,1-6H3,(H4,29,30,31)/t22-/m0/s1.